The molecule has 1 N–H and O–H groups in total. The molecule has 2 rings (SSSR count). The summed E-state index contributed by atoms with van der Waals surface area (Å²) in [6.07, 6.45) is -4.44. The normalized spacial score (nSPS) is 19.8. The standard InChI is InChI=1S/C11H10ClF3N2S/c1-6-5-18-10(16-6)17-9-7(11(13,14)15)3-2-4-8(9)12/h2-4,6H,5H2,1H3,(H,16,17). The molecule has 0 aromatic heterocycles. The van der Waals surface area contributed by atoms with Crippen LogP contribution in [0.25, 0.3) is 0 Å². The van der Waals surface area contributed by atoms with Crippen LogP contribution in [-0.2, 0) is 6.18 Å². The molecule has 98 valence electrons. The van der Waals surface area contributed by atoms with Crippen LogP contribution in [0.1, 0.15) is 12.5 Å². The number of rotatable bonds is 1. The van der Waals surface area contributed by atoms with Crippen LogP contribution in [0.5, 0.6) is 0 Å². The second-order valence-corrected chi connectivity index (χ2v) is 5.30. The summed E-state index contributed by atoms with van der Waals surface area (Å²) < 4.78 is 38.5. The van der Waals surface area contributed by atoms with Crippen LogP contribution < -0.4 is 5.32 Å². The molecule has 18 heavy (non-hydrogen) atoms. The van der Waals surface area contributed by atoms with Gasteiger partial charge in [0.25, 0.3) is 0 Å². The number of nitrogens with zero attached hydrogens (tertiary/aromatic N) is 1. The van der Waals surface area contributed by atoms with E-state index in [0.29, 0.717) is 5.17 Å². The van der Waals surface area contributed by atoms with Gasteiger partial charge >= 0.3 is 6.18 Å². The van der Waals surface area contributed by atoms with Crippen LogP contribution in [0.15, 0.2) is 23.2 Å². The van der Waals surface area contributed by atoms with Gasteiger partial charge in [0.05, 0.1) is 22.3 Å². The Morgan fingerprint density at radius 2 is 2.17 bits per heavy atom. The van der Waals surface area contributed by atoms with Crippen molar-refractivity contribution in [3.8, 4) is 0 Å². The molecule has 0 spiro atoms. The topological polar surface area (TPSA) is 24.4 Å². The minimum atomic E-state index is -4.44. The van der Waals surface area contributed by atoms with E-state index in [4.69, 9.17) is 11.6 Å². The first-order valence-corrected chi connectivity index (χ1v) is 6.57. The zero-order valence-electron chi connectivity index (χ0n) is 9.38. The van der Waals surface area contributed by atoms with Crippen molar-refractivity contribution in [3.63, 3.8) is 0 Å². The van der Waals surface area contributed by atoms with Gasteiger partial charge in [-0.05, 0) is 19.1 Å². The first-order chi connectivity index (χ1) is 8.38. The molecule has 0 amide bonds. The summed E-state index contributed by atoms with van der Waals surface area (Å²) in [6.45, 7) is 1.90. The van der Waals surface area contributed by atoms with Gasteiger partial charge in [0, 0.05) is 5.75 Å². The number of amidine groups is 1. The first kappa shape index (κ1) is 13.5. The van der Waals surface area contributed by atoms with E-state index >= 15 is 0 Å². The number of aliphatic imine (C=N–C) groups is 1. The van der Waals surface area contributed by atoms with Crippen molar-refractivity contribution in [1.82, 2.24) is 0 Å². The number of hydrogen-bond donors (Lipinski definition) is 1. The van der Waals surface area contributed by atoms with Gasteiger partial charge in [0.15, 0.2) is 5.17 Å². The molecular formula is C11H10ClF3N2S. The lowest BCUT2D eigenvalue weighted by molar-refractivity contribution is -0.136. The van der Waals surface area contributed by atoms with E-state index in [0.717, 1.165) is 11.8 Å². The Morgan fingerprint density at radius 3 is 2.72 bits per heavy atom. The van der Waals surface area contributed by atoms with Crippen molar-refractivity contribution in [1.29, 1.82) is 0 Å². The number of anilines is 1. The summed E-state index contributed by atoms with van der Waals surface area (Å²) >= 11 is 7.21. The fourth-order valence-electron chi connectivity index (χ4n) is 1.54. The zero-order valence-corrected chi connectivity index (χ0v) is 11.0. The van der Waals surface area contributed by atoms with Gasteiger partial charge in [0.2, 0.25) is 0 Å². The first-order valence-electron chi connectivity index (χ1n) is 5.21. The molecule has 7 heteroatoms. The van der Waals surface area contributed by atoms with Gasteiger partial charge in [-0.3, -0.25) is 4.99 Å². The molecule has 0 aliphatic carbocycles. The second kappa shape index (κ2) is 5.01. The molecule has 0 saturated carbocycles. The van der Waals surface area contributed by atoms with E-state index in [-0.39, 0.29) is 16.8 Å². The van der Waals surface area contributed by atoms with Crippen LogP contribution in [0.4, 0.5) is 18.9 Å². The van der Waals surface area contributed by atoms with Crippen molar-refractivity contribution < 1.29 is 13.2 Å². The Kier molecular flexibility index (Phi) is 3.77. The maximum atomic E-state index is 12.8. The highest BCUT2D eigenvalue weighted by Gasteiger charge is 2.34. The maximum absolute atomic E-state index is 12.8. The van der Waals surface area contributed by atoms with E-state index in [1.165, 1.54) is 23.9 Å². The van der Waals surface area contributed by atoms with Crippen LogP contribution in [0.2, 0.25) is 5.02 Å². The summed E-state index contributed by atoms with van der Waals surface area (Å²) in [5.41, 5.74) is -0.912. The maximum Gasteiger partial charge on any atom is 0.418 e. The number of thioether (sulfide) groups is 1. The summed E-state index contributed by atoms with van der Waals surface area (Å²) in [6, 6.07) is 3.80. The lowest BCUT2D eigenvalue weighted by atomic mass is 10.1. The Bertz CT molecular complexity index is 488. The highest BCUT2D eigenvalue weighted by atomic mass is 35.5. The zero-order chi connectivity index (χ0) is 13.3. The van der Waals surface area contributed by atoms with E-state index in [9.17, 15) is 13.2 Å². The molecule has 0 saturated heterocycles. The highest BCUT2D eigenvalue weighted by Crippen LogP contribution is 2.39. The molecule has 1 atom stereocenters. The van der Waals surface area contributed by atoms with E-state index in [2.05, 4.69) is 10.3 Å². The van der Waals surface area contributed by atoms with Crippen molar-refractivity contribution in [2.24, 2.45) is 4.99 Å². The third kappa shape index (κ3) is 2.92. The summed E-state index contributed by atoms with van der Waals surface area (Å²) in [4.78, 5) is 4.19. The molecule has 0 fully saturated rings. The van der Waals surface area contributed by atoms with Crippen LogP contribution >= 0.6 is 23.4 Å². The van der Waals surface area contributed by atoms with Gasteiger partial charge in [0.1, 0.15) is 0 Å². The van der Waals surface area contributed by atoms with E-state index < -0.39 is 11.7 Å². The van der Waals surface area contributed by atoms with Crippen molar-refractivity contribution in [2.45, 2.75) is 19.1 Å². The van der Waals surface area contributed by atoms with Gasteiger partial charge in [-0.15, -0.1) is 0 Å². The Balaban J connectivity index is 2.35. The van der Waals surface area contributed by atoms with Gasteiger partial charge in [-0.25, -0.2) is 0 Å². The smallest absolute Gasteiger partial charge is 0.333 e. The predicted octanol–water partition coefficient (Wildman–Crippen LogP) is 4.26. The van der Waals surface area contributed by atoms with E-state index in [1.807, 2.05) is 6.92 Å². The van der Waals surface area contributed by atoms with Gasteiger partial charge in [-0.2, -0.15) is 13.2 Å². The number of nitrogens with one attached hydrogen (secondary N) is 1. The summed E-state index contributed by atoms with van der Waals surface area (Å²) in [5.74, 6) is 0.758. The minimum absolute atomic E-state index is 0.0349. The molecule has 1 aliphatic heterocycles. The second-order valence-electron chi connectivity index (χ2n) is 3.88. The summed E-state index contributed by atoms with van der Waals surface area (Å²) in [7, 11) is 0. The predicted molar refractivity (Wildman–Crippen MR) is 69.4 cm³/mol. The Morgan fingerprint density at radius 1 is 1.44 bits per heavy atom. The quantitative estimate of drug-likeness (QED) is 0.837. The van der Waals surface area contributed by atoms with Crippen molar-refractivity contribution in [3.05, 3.63) is 28.8 Å². The fraction of sp³-hybridized carbons (Fsp3) is 0.364. The molecule has 1 aromatic rings. The lowest BCUT2D eigenvalue weighted by Gasteiger charge is -2.15. The van der Waals surface area contributed by atoms with Crippen LogP contribution in [-0.4, -0.2) is 17.0 Å². The third-order valence-corrected chi connectivity index (χ3v) is 3.79. The molecule has 0 radical (unpaired) electrons. The molecular weight excluding hydrogens is 285 g/mol. The minimum Gasteiger partial charge on any atom is -0.333 e. The average Bonchev–Trinajstić information content (AvgIpc) is 2.65. The van der Waals surface area contributed by atoms with Crippen LogP contribution in [0.3, 0.4) is 0 Å². The number of benzene rings is 1. The molecule has 1 aromatic carbocycles. The molecule has 1 unspecified atom stereocenters. The average molecular weight is 295 g/mol. The number of halogens is 4. The summed E-state index contributed by atoms with van der Waals surface area (Å²) in [5, 5.41) is 3.18. The van der Waals surface area contributed by atoms with Gasteiger partial charge < -0.3 is 5.32 Å². The Labute approximate surface area is 112 Å². The molecule has 2 nitrogen and oxygen atoms in total. The van der Waals surface area contributed by atoms with Gasteiger partial charge in [-0.1, -0.05) is 29.4 Å². The molecule has 0 bridgehead atoms. The Hall–Kier alpha value is -0.880. The highest BCUT2D eigenvalue weighted by molar-refractivity contribution is 8.14. The van der Waals surface area contributed by atoms with Crippen LogP contribution in [0, 0.1) is 0 Å². The SMILES string of the molecule is CC1CSC(Nc2c(Cl)cccc2C(F)(F)F)=N1. The number of para-hydroxylation sites is 1. The van der Waals surface area contributed by atoms with Crippen molar-refractivity contribution in [2.75, 3.05) is 11.1 Å². The monoisotopic (exact) mass is 294 g/mol. The third-order valence-electron chi connectivity index (χ3n) is 2.35. The fourth-order valence-corrected chi connectivity index (χ4v) is 2.66. The molecule has 1 heterocycles. The number of alkyl halides is 3. The largest absolute Gasteiger partial charge is 0.418 e. The number of hydrogen-bond acceptors (Lipinski definition) is 3. The lowest BCUT2D eigenvalue weighted by Crippen LogP contribution is -2.13. The molecule has 1 aliphatic rings. The van der Waals surface area contributed by atoms with Crippen molar-refractivity contribution >= 4 is 34.2 Å². The van der Waals surface area contributed by atoms with E-state index in [1.54, 1.807) is 0 Å².